The van der Waals surface area contributed by atoms with Crippen LogP contribution < -0.4 is 5.56 Å². The van der Waals surface area contributed by atoms with Gasteiger partial charge < -0.3 is 9.64 Å². The maximum absolute atomic E-state index is 12.7. The molecule has 0 aliphatic heterocycles. The number of hydrogen-bond donors (Lipinski definition) is 0. The van der Waals surface area contributed by atoms with Crippen molar-refractivity contribution in [1.82, 2.24) is 14.3 Å². The Balaban J connectivity index is 2.29. The van der Waals surface area contributed by atoms with Gasteiger partial charge in [-0.1, -0.05) is 0 Å². The zero-order valence-corrected chi connectivity index (χ0v) is 14.4. The number of ether oxygens (including phenoxy) is 1. The maximum Gasteiger partial charge on any atom is 0.345 e. The molecule has 0 N–H and O–H groups in total. The number of allylic oxidation sites excluding steroid dienone is 1. The highest BCUT2D eigenvalue weighted by Crippen LogP contribution is 2.35. The predicted octanol–water partition coefficient (Wildman–Crippen LogP) is 1.59. The minimum absolute atomic E-state index is 0.134. The van der Waals surface area contributed by atoms with Crippen molar-refractivity contribution in [2.45, 2.75) is 19.8 Å². The molecule has 1 aliphatic rings. The smallest absolute Gasteiger partial charge is 0.345 e. The van der Waals surface area contributed by atoms with Gasteiger partial charge in [-0.15, -0.1) is 0 Å². The molecule has 0 bridgehead atoms. The fourth-order valence-electron chi connectivity index (χ4n) is 3.11. The van der Waals surface area contributed by atoms with Gasteiger partial charge in [0.25, 0.3) is 5.56 Å². The number of esters is 1. The average molecular weight is 338 g/mol. The monoisotopic (exact) mass is 338 g/mol. The van der Waals surface area contributed by atoms with E-state index in [4.69, 9.17) is 4.74 Å². The van der Waals surface area contributed by atoms with Gasteiger partial charge in [-0.3, -0.25) is 9.20 Å². The molecule has 0 atom stereocenters. The van der Waals surface area contributed by atoms with Gasteiger partial charge in [-0.2, -0.15) is 5.26 Å². The third kappa shape index (κ3) is 2.76. The molecule has 1 aliphatic carbocycles. The third-order valence-corrected chi connectivity index (χ3v) is 4.08. The Morgan fingerprint density at radius 2 is 2.24 bits per heavy atom. The lowest BCUT2D eigenvalue weighted by Gasteiger charge is -2.12. The molecular weight excluding hydrogens is 320 g/mol. The molecule has 25 heavy (non-hydrogen) atoms. The number of fused-ring (bicyclic) bond motifs is 2. The average Bonchev–Trinajstić information content (AvgIpc) is 2.96. The second-order valence-corrected chi connectivity index (χ2v) is 6.03. The number of rotatable bonds is 3. The Morgan fingerprint density at radius 1 is 1.48 bits per heavy atom. The molecule has 7 nitrogen and oxygen atoms in total. The highest BCUT2D eigenvalue weighted by Gasteiger charge is 2.25. The molecule has 2 aromatic heterocycles. The van der Waals surface area contributed by atoms with Gasteiger partial charge in [0.2, 0.25) is 0 Å². The number of nitrogens with zero attached hydrogens (tertiary/aromatic N) is 4. The van der Waals surface area contributed by atoms with Crippen LogP contribution in [0.2, 0.25) is 0 Å². The standard InChI is InChI=1S/C18H18N4O3/c1-4-25-18(24)14-8-20-16-13(7-19)15-11(9-21(2)3)5-6-12(15)10-22(16)17(14)23/h8-10H,4-6H2,1-3H3/b11-9+. The molecule has 0 fully saturated rings. The Bertz CT molecular complexity index is 996. The van der Waals surface area contributed by atoms with E-state index in [0.29, 0.717) is 5.56 Å². The number of carbonyl (C=O) groups excluding carboxylic acids is 1. The van der Waals surface area contributed by atoms with Gasteiger partial charge in [-0.25, -0.2) is 9.78 Å². The van der Waals surface area contributed by atoms with E-state index in [1.807, 2.05) is 25.2 Å². The summed E-state index contributed by atoms with van der Waals surface area (Å²) in [7, 11) is 3.85. The first-order chi connectivity index (χ1) is 12.0. The quantitative estimate of drug-likeness (QED) is 0.790. The van der Waals surface area contributed by atoms with Crippen LogP contribution in [0, 0.1) is 11.3 Å². The van der Waals surface area contributed by atoms with Crippen molar-refractivity contribution in [2.75, 3.05) is 20.7 Å². The lowest BCUT2D eigenvalue weighted by atomic mass is 10.0. The summed E-state index contributed by atoms with van der Waals surface area (Å²) in [6, 6.07) is 2.18. The van der Waals surface area contributed by atoms with Crippen molar-refractivity contribution in [1.29, 1.82) is 5.26 Å². The van der Waals surface area contributed by atoms with Gasteiger partial charge in [0, 0.05) is 38.3 Å². The predicted molar refractivity (Wildman–Crippen MR) is 92.1 cm³/mol. The number of aromatic nitrogens is 2. The van der Waals surface area contributed by atoms with Gasteiger partial charge in [-0.05, 0) is 30.9 Å². The Hall–Kier alpha value is -3.14. The summed E-state index contributed by atoms with van der Waals surface area (Å²) >= 11 is 0. The highest BCUT2D eigenvalue weighted by molar-refractivity contribution is 5.89. The van der Waals surface area contributed by atoms with E-state index in [1.54, 1.807) is 13.1 Å². The van der Waals surface area contributed by atoms with E-state index >= 15 is 0 Å². The van der Waals surface area contributed by atoms with Gasteiger partial charge in [0.1, 0.15) is 17.2 Å². The fraction of sp³-hybridized carbons (Fsp3) is 0.333. The van der Waals surface area contributed by atoms with Gasteiger partial charge in [0.15, 0.2) is 5.65 Å². The van der Waals surface area contributed by atoms with Crippen molar-refractivity contribution < 1.29 is 9.53 Å². The minimum Gasteiger partial charge on any atom is -0.462 e. The first-order valence-electron chi connectivity index (χ1n) is 7.99. The van der Waals surface area contributed by atoms with Crippen LogP contribution in [-0.4, -0.2) is 41.0 Å². The molecular formula is C18H18N4O3. The van der Waals surface area contributed by atoms with E-state index in [1.165, 1.54) is 10.6 Å². The minimum atomic E-state index is -0.707. The van der Waals surface area contributed by atoms with Crippen molar-refractivity contribution in [3.63, 3.8) is 0 Å². The van der Waals surface area contributed by atoms with Gasteiger partial charge in [0.05, 0.1) is 6.61 Å². The van der Waals surface area contributed by atoms with Crippen LogP contribution in [-0.2, 0) is 11.2 Å². The van der Waals surface area contributed by atoms with Crippen LogP contribution in [0.4, 0.5) is 0 Å². The van der Waals surface area contributed by atoms with E-state index in [2.05, 4.69) is 11.1 Å². The summed E-state index contributed by atoms with van der Waals surface area (Å²) < 4.78 is 6.18. The van der Waals surface area contributed by atoms with Crippen LogP contribution in [0.15, 0.2) is 23.4 Å². The summed E-state index contributed by atoms with van der Waals surface area (Å²) in [4.78, 5) is 30.7. The lowest BCUT2D eigenvalue weighted by Crippen LogP contribution is -2.25. The molecule has 0 aromatic carbocycles. The molecule has 0 saturated carbocycles. The zero-order chi connectivity index (χ0) is 18.1. The zero-order valence-electron chi connectivity index (χ0n) is 14.4. The number of carbonyl (C=O) groups is 1. The second-order valence-electron chi connectivity index (χ2n) is 6.03. The molecule has 0 radical (unpaired) electrons. The topological polar surface area (TPSA) is 87.7 Å². The molecule has 0 saturated heterocycles. The number of nitriles is 1. The normalized spacial score (nSPS) is 14.4. The van der Waals surface area contributed by atoms with E-state index < -0.39 is 11.5 Å². The maximum atomic E-state index is 12.7. The Morgan fingerprint density at radius 3 is 2.88 bits per heavy atom. The molecule has 128 valence electrons. The van der Waals surface area contributed by atoms with Crippen LogP contribution in [0.5, 0.6) is 0 Å². The largest absolute Gasteiger partial charge is 0.462 e. The van der Waals surface area contributed by atoms with E-state index in [-0.39, 0.29) is 17.8 Å². The number of pyridine rings is 1. The summed E-state index contributed by atoms with van der Waals surface area (Å²) in [5.41, 5.74) is 2.75. The third-order valence-electron chi connectivity index (χ3n) is 4.08. The number of hydrogen-bond acceptors (Lipinski definition) is 6. The van der Waals surface area contributed by atoms with Gasteiger partial charge >= 0.3 is 5.97 Å². The Labute approximate surface area is 144 Å². The molecule has 3 rings (SSSR count). The van der Waals surface area contributed by atoms with Crippen LogP contribution in [0.3, 0.4) is 0 Å². The second kappa shape index (κ2) is 6.40. The fourth-order valence-corrected chi connectivity index (χ4v) is 3.11. The molecule has 0 spiro atoms. The number of aryl methyl sites for hydroxylation is 1. The molecule has 2 heterocycles. The molecule has 7 heteroatoms. The Kier molecular flexibility index (Phi) is 4.28. The first-order valence-corrected chi connectivity index (χ1v) is 7.99. The molecule has 0 unspecified atom stereocenters. The van der Waals surface area contributed by atoms with E-state index in [0.717, 1.165) is 29.5 Å². The first kappa shape index (κ1) is 16.7. The van der Waals surface area contributed by atoms with Crippen molar-refractivity contribution >= 4 is 17.2 Å². The highest BCUT2D eigenvalue weighted by atomic mass is 16.5. The van der Waals surface area contributed by atoms with Crippen LogP contribution >= 0.6 is 0 Å². The summed E-state index contributed by atoms with van der Waals surface area (Å²) in [5, 5.41) is 9.67. The van der Waals surface area contributed by atoms with E-state index in [9.17, 15) is 14.9 Å². The van der Waals surface area contributed by atoms with Crippen LogP contribution in [0.1, 0.15) is 40.4 Å². The molecule has 0 amide bonds. The lowest BCUT2D eigenvalue weighted by molar-refractivity contribution is 0.0523. The molecule has 2 aromatic rings. The van der Waals surface area contributed by atoms with Crippen molar-refractivity contribution in [3.8, 4) is 6.07 Å². The van der Waals surface area contributed by atoms with Crippen LogP contribution in [0.25, 0.3) is 11.2 Å². The van der Waals surface area contributed by atoms with Crippen molar-refractivity contribution in [2.24, 2.45) is 0 Å². The van der Waals surface area contributed by atoms with Crippen molar-refractivity contribution in [3.05, 3.63) is 51.2 Å². The summed E-state index contributed by atoms with van der Waals surface area (Å²) in [6.45, 7) is 1.84. The summed E-state index contributed by atoms with van der Waals surface area (Å²) in [5.74, 6) is -0.707. The SMILES string of the molecule is CCOC(=O)c1cnc2c(C#N)c3c(cn2c1=O)CC/C3=C\N(C)C. The summed E-state index contributed by atoms with van der Waals surface area (Å²) in [6.07, 6.45) is 6.37.